The Balaban J connectivity index is 1.35. The molecule has 1 aliphatic heterocycles. The van der Waals surface area contributed by atoms with Crippen LogP contribution in [0.2, 0.25) is 0 Å². The van der Waals surface area contributed by atoms with Crippen molar-refractivity contribution in [2.45, 2.75) is 36.9 Å². The molecule has 1 fully saturated rings. The minimum Gasteiger partial charge on any atom is -0.497 e. The first-order chi connectivity index (χ1) is 16.9. The number of aryl methyl sites for hydroxylation is 1. The average Bonchev–Trinajstić information content (AvgIpc) is 3.26. The summed E-state index contributed by atoms with van der Waals surface area (Å²) in [4.78, 5) is 18.3. The number of fused-ring (bicyclic) bond motifs is 1. The number of rotatable bonds is 11. The predicted molar refractivity (Wildman–Crippen MR) is 138 cm³/mol. The molecule has 3 atom stereocenters. The molecule has 1 saturated heterocycles. The lowest BCUT2D eigenvalue weighted by atomic mass is 9.79. The number of alkyl halides is 1. The number of nitrogens with zero attached hydrogens (tertiary/aromatic N) is 3. The Morgan fingerprint density at radius 3 is 2.91 bits per heavy atom. The van der Waals surface area contributed by atoms with Gasteiger partial charge in [-0.15, -0.1) is 11.8 Å². The molecule has 3 heterocycles. The third-order valence-electron chi connectivity index (χ3n) is 7.08. The molecule has 1 aliphatic rings. The molecule has 0 amide bonds. The highest BCUT2D eigenvalue weighted by Gasteiger charge is 2.31. The van der Waals surface area contributed by atoms with Crippen molar-refractivity contribution in [3.8, 4) is 5.75 Å². The summed E-state index contributed by atoms with van der Waals surface area (Å²) in [6, 6.07) is 11.4. The first kappa shape index (κ1) is 25.5. The van der Waals surface area contributed by atoms with Crippen LogP contribution < -0.4 is 4.74 Å². The van der Waals surface area contributed by atoms with Gasteiger partial charge in [0.15, 0.2) is 0 Å². The van der Waals surface area contributed by atoms with Gasteiger partial charge in [0.05, 0.1) is 17.7 Å². The third kappa shape index (κ3) is 6.55. The standard InChI is InChI=1S/C27H34FN3O3S/c1-30-12-3-4-26(30)35-15-14-31-13-10-19(20(18-31)16-27(32)33)5-7-24(28)22-9-11-29-25-8-6-21(34-2)17-23(22)25/h3-4,6,8-9,11-12,17,19-20,24H,5,7,10,13-16,18H2,1-2H3,(H,32,33)/t19-,20+,24+/m1/s1. The minimum absolute atomic E-state index is 0.0442. The van der Waals surface area contributed by atoms with Gasteiger partial charge >= 0.3 is 5.97 Å². The second-order valence-corrected chi connectivity index (χ2v) is 10.5. The van der Waals surface area contributed by atoms with E-state index in [1.807, 2.05) is 49.3 Å². The number of carboxylic acids is 1. The Bertz CT molecular complexity index is 1140. The number of hydrogen-bond donors (Lipinski definition) is 1. The number of thioether (sulfide) groups is 1. The highest BCUT2D eigenvalue weighted by molar-refractivity contribution is 7.99. The third-order valence-corrected chi connectivity index (χ3v) is 8.18. The summed E-state index contributed by atoms with van der Waals surface area (Å²) in [5, 5.41) is 11.5. The van der Waals surface area contributed by atoms with Gasteiger partial charge in [0, 0.05) is 50.1 Å². The zero-order valence-electron chi connectivity index (χ0n) is 20.4. The molecule has 3 aromatic rings. The van der Waals surface area contributed by atoms with Gasteiger partial charge in [-0.1, -0.05) is 0 Å². The number of likely N-dealkylation sites (tertiary alicyclic amines) is 1. The van der Waals surface area contributed by atoms with Crippen LogP contribution in [0, 0.1) is 11.8 Å². The van der Waals surface area contributed by atoms with Crippen LogP contribution in [0.1, 0.15) is 37.4 Å². The lowest BCUT2D eigenvalue weighted by Crippen LogP contribution is -2.42. The van der Waals surface area contributed by atoms with Crippen LogP contribution in [0.5, 0.6) is 5.75 Å². The number of hydrogen-bond acceptors (Lipinski definition) is 5. The number of ether oxygens (including phenoxy) is 1. The van der Waals surface area contributed by atoms with E-state index < -0.39 is 12.1 Å². The largest absolute Gasteiger partial charge is 0.497 e. The molecule has 188 valence electrons. The Kier molecular flexibility index (Phi) is 8.68. The van der Waals surface area contributed by atoms with E-state index in [0.29, 0.717) is 24.2 Å². The van der Waals surface area contributed by atoms with E-state index in [4.69, 9.17) is 4.74 Å². The SMILES string of the molecule is COc1ccc2nccc([C@@H](F)CC[C@@H]3CCN(CCSc4cccn4C)C[C@@H]3CC(=O)O)c2c1. The van der Waals surface area contributed by atoms with Crippen molar-refractivity contribution in [3.05, 3.63) is 54.4 Å². The highest BCUT2D eigenvalue weighted by atomic mass is 32.2. The summed E-state index contributed by atoms with van der Waals surface area (Å²) >= 11 is 1.82. The van der Waals surface area contributed by atoms with Crippen LogP contribution in [0.15, 0.2) is 53.8 Å². The highest BCUT2D eigenvalue weighted by Crippen LogP contribution is 2.36. The number of methoxy groups -OCH3 is 1. The number of aromatic nitrogens is 2. The van der Waals surface area contributed by atoms with Crippen LogP contribution in [0.25, 0.3) is 10.9 Å². The van der Waals surface area contributed by atoms with Crippen LogP contribution in [-0.2, 0) is 11.8 Å². The van der Waals surface area contributed by atoms with Crippen molar-refractivity contribution >= 4 is 28.6 Å². The van der Waals surface area contributed by atoms with E-state index in [0.717, 1.165) is 42.7 Å². The number of piperidine rings is 1. The van der Waals surface area contributed by atoms with E-state index in [1.54, 1.807) is 19.4 Å². The molecule has 1 N–H and O–H groups in total. The summed E-state index contributed by atoms with van der Waals surface area (Å²) in [6.45, 7) is 2.62. The lowest BCUT2D eigenvalue weighted by Gasteiger charge is -2.38. The van der Waals surface area contributed by atoms with Crippen molar-refractivity contribution in [3.63, 3.8) is 0 Å². The molecular weight excluding hydrogens is 465 g/mol. The minimum atomic E-state index is -1.13. The van der Waals surface area contributed by atoms with Gasteiger partial charge in [-0.2, -0.15) is 0 Å². The van der Waals surface area contributed by atoms with Crippen LogP contribution in [0.4, 0.5) is 4.39 Å². The van der Waals surface area contributed by atoms with E-state index in [-0.39, 0.29) is 18.3 Å². The summed E-state index contributed by atoms with van der Waals surface area (Å²) in [5.74, 6) is 1.13. The maximum Gasteiger partial charge on any atom is 0.303 e. The van der Waals surface area contributed by atoms with E-state index in [2.05, 4.69) is 20.5 Å². The fourth-order valence-electron chi connectivity index (χ4n) is 5.13. The fraction of sp³-hybridized carbons (Fsp3) is 0.481. The second-order valence-electron chi connectivity index (χ2n) is 9.34. The van der Waals surface area contributed by atoms with Gasteiger partial charge in [-0.3, -0.25) is 9.78 Å². The average molecular weight is 500 g/mol. The number of pyridine rings is 1. The smallest absolute Gasteiger partial charge is 0.303 e. The van der Waals surface area contributed by atoms with Gasteiger partial charge in [0.25, 0.3) is 0 Å². The molecule has 0 bridgehead atoms. The summed E-state index contributed by atoms with van der Waals surface area (Å²) < 4.78 is 22.9. The predicted octanol–water partition coefficient (Wildman–Crippen LogP) is 5.58. The normalized spacial score (nSPS) is 19.6. The zero-order valence-corrected chi connectivity index (χ0v) is 21.2. The van der Waals surface area contributed by atoms with Gasteiger partial charge in [-0.05, 0) is 79.6 Å². The Labute approximate surface area is 210 Å². The molecule has 6 nitrogen and oxygen atoms in total. The van der Waals surface area contributed by atoms with Crippen molar-refractivity contribution in [1.29, 1.82) is 0 Å². The van der Waals surface area contributed by atoms with Gasteiger partial charge in [-0.25, -0.2) is 4.39 Å². The maximum absolute atomic E-state index is 15.5. The van der Waals surface area contributed by atoms with Crippen molar-refractivity contribution in [2.75, 3.05) is 32.5 Å². The molecule has 0 saturated carbocycles. The van der Waals surface area contributed by atoms with Gasteiger partial charge < -0.3 is 19.3 Å². The molecule has 1 aromatic carbocycles. The molecular formula is C27H34FN3O3S. The lowest BCUT2D eigenvalue weighted by molar-refractivity contribution is -0.139. The first-order valence-corrected chi connectivity index (χ1v) is 13.2. The Morgan fingerprint density at radius 1 is 1.31 bits per heavy atom. The Hall–Kier alpha value is -2.58. The Morgan fingerprint density at radius 2 is 2.17 bits per heavy atom. The van der Waals surface area contributed by atoms with Crippen LogP contribution >= 0.6 is 11.8 Å². The summed E-state index contributed by atoms with van der Waals surface area (Å²) in [7, 11) is 3.64. The number of benzene rings is 1. The van der Waals surface area contributed by atoms with E-state index >= 15 is 4.39 Å². The monoisotopic (exact) mass is 499 g/mol. The second kappa shape index (κ2) is 11.9. The zero-order chi connectivity index (χ0) is 24.8. The molecule has 0 unspecified atom stereocenters. The quantitative estimate of drug-likeness (QED) is 0.348. The van der Waals surface area contributed by atoms with Crippen molar-refractivity contribution in [2.24, 2.45) is 18.9 Å². The molecule has 0 radical (unpaired) electrons. The number of carboxylic acid groups (broad SMARTS) is 1. The van der Waals surface area contributed by atoms with Gasteiger partial charge in [0.1, 0.15) is 11.9 Å². The molecule has 35 heavy (non-hydrogen) atoms. The topological polar surface area (TPSA) is 67.6 Å². The first-order valence-electron chi connectivity index (χ1n) is 12.2. The number of halogens is 1. The fourth-order valence-corrected chi connectivity index (χ4v) is 6.13. The van der Waals surface area contributed by atoms with Crippen molar-refractivity contribution in [1.82, 2.24) is 14.5 Å². The number of aliphatic carboxylic acids is 1. The molecule has 0 spiro atoms. The molecule has 8 heteroatoms. The molecule has 4 rings (SSSR count). The van der Waals surface area contributed by atoms with E-state index in [1.165, 1.54) is 5.03 Å². The summed E-state index contributed by atoms with van der Waals surface area (Å²) in [6.07, 6.45) is 4.66. The van der Waals surface area contributed by atoms with Crippen molar-refractivity contribution < 1.29 is 19.0 Å². The van der Waals surface area contributed by atoms with Crippen LogP contribution in [-0.4, -0.2) is 58.0 Å². The molecule has 0 aliphatic carbocycles. The van der Waals surface area contributed by atoms with E-state index in [9.17, 15) is 9.90 Å². The molecule has 2 aromatic heterocycles. The summed E-state index contributed by atoms with van der Waals surface area (Å²) in [5.41, 5.74) is 1.37. The van der Waals surface area contributed by atoms with Gasteiger partial charge in [0.2, 0.25) is 0 Å². The van der Waals surface area contributed by atoms with Crippen LogP contribution in [0.3, 0.4) is 0 Å². The maximum atomic E-state index is 15.5. The number of carbonyl (C=O) groups is 1.